The van der Waals surface area contributed by atoms with Crippen molar-refractivity contribution < 1.29 is 9.59 Å². The van der Waals surface area contributed by atoms with Crippen LogP contribution in [0.2, 0.25) is 10.0 Å². The summed E-state index contributed by atoms with van der Waals surface area (Å²) in [5.41, 5.74) is 5.63. The Hall–Kier alpha value is -1.30. The van der Waals surface area contributed by atoms with E-state index in [1.54, 1.807) is 18.2 Å². The maximum atomic E-state index is 11.2. The van der Waals surface area contributed by atoms with Gasteiger partial charge in [-0.3, -0.25) is 10.1 Å². The molecule has 0 saturated heterocycles. The zero-order chi connectivity index (χ0) is 13.7. The van der Waals surface area contributed by atoms with Crippen molar-refractivity contribution in [1.29, 1.82) is 0 Å². The minimum Gasteiger partial charge on any atom is -0.351 e. The molecule has 0 aromatic heterocycles. The first-order valence-corrected chi connectivity index (χ1v) is 5.93. The first-order chi connectivity index (χ1) is 8.40. The van der Waals surface area contributed by atoms with Gasteiger partial charge in [0.1, 0.15) is 0 Å². The van der Waals surface area contributed by atoms with Crippen LogP contribution in [-0.2, 0) is 4.79 Å². The fraction of sp³-hybridized carbons (Fsp3) is 0.273. The lowest BCUT2D eigenvalue weighted by Crippen LogP contribution is -2.41. The van der Waals surface area contributed by atoms with Crippen molar-refractivity contribution in [3.05, 3.63) is 33.8 Å². The van der Waals surface area contributed by atoms with Crippen LogP contribution in [-0.4, -0.2) is 18.5 Å². The Morgan fingerprint density at radius 1 is 1.39 bits per heavy atom. The number of primary amides is 1. The van der Waals surface area contributed by atoms with Crippen molar-refractivity contribution in [2.24, 2.45) is 5.73 Å². The van der Waals surface area contributed by atoms with Gasteiger partial charge in [-0.25, -0.2) is 4.79 Å². The quantitative estimate of drug-likeness (QED) is 0.791. The molecular weight excluding hydrogens is 277 g/mol. The Balaban J connectivity index is 2.57. The Bertz CT molecular complexity index is 466. The number of carbonyl (C=O) groups excluding carboxylic acids is 2. The monoisotopic (exact) mass is 289 g/mol. The third kappa shape index (κ3) is 4.52. The Labute approximate surface area is 115 Å². The lowest BCUT2D eigenvalue weighted by atomic mass is 10.1. The van der Waals surface area contributed by atoms with Crippen LogP contribution in [0.4, 0.5) is 4.79 Å². The smallest absolute Gasteiger partial charge is 0.318 e. The number of benzene rings is 1. The molecule has 18 heavy (non-hydrogen) atoms. The number of hydrogen-bond donors (Lipinski definition) is 3. The molecule has 7 heteroatoms. The van der Waals surface area contributed by atoms with E-state index in [0.29, 0.717) is 10.0 Å². The van der Waals surface area contributed by atoms with Crippen molar-refractivity contribution in [2.75, 3.05) is 6.54 Å². The summed E-state index contributed by atoms with van der Waals surface area (Å²) in [6.45, 7) is 1.80. The van der Waals surface area contributed by atoms with Gasteiger partial charge in [0.15, 0.2) is 0 Å². The number of rotatable bonds is 4. The maximum absolute atomic E-state index is 11.2. The topological polar surface area (TPSA) is 84.2 Å². The van der Waals surface area contributed by atoms with Crippen molar-refractivity contribution in [3.8, 4) is 0 Å². The summed E-state index contributed by atoms with van der Waals surface area (Å²) >= 11 is 11.8. The highest BCUT2D eigenvalue weighted by atomic mass is 35.5. The van der Waals surface area contributed by atoms with Crippen LogP contribution >= 0.6 is 23.2 Å². The van der Waals surface area contributed by atoms with E-state index in [1.807, 2.05) is 12.2 Å². The van der Waals surface area contributed by atoms with Crippen LogP contribution in [0.5, 0.6) is 0 Å². The van der Waals surface area contributed by atoms with E-state index >= 15 is 0 Å². The fourth-order valence-electron chi connectivity index (χ4n) is 1.39. The summed E-state index contributed by atoms with van der Waals surface area (Å²) in [6, 6.07) is 4.08. The van der Waals surface area contributed by atoms with Crippen molar-refractivity contribution in [1.82, 2.24) is 10.6 Å². The predicted molar refractivity (Wildman–Crippen MR) is 70.6 cm³/mol. The molecule has 1 aromatic rings. The standard InChI is InChI=1S/C11H13Cl2N3O2/c1-6(15-5-10(17)16-11(14)18)8-3-2-7(12)4-9(8)13/h2-4,6,15H,5H2,1H3,(H3,14,16,17,18). The van der Waals surface area contributed by atoms with Crippen molar-refractivity contribution in [2.45, 2.75) is 13.0 Å². The van der Waals surface area contributed by atoms with Crippen LogP contribution in [0.15, 0.2) is 18.2 Å². The Kier molecular flexibility index (Phi) is 5.40. The average molecular weight is 290 g/mol. The van der Waals surface area contributed by atoms with Gasteiger partial charge >= 0.3 is 6.03 Å². The SMILES string of the molecule is CC(NCC(=O)NC(N)=O)c1ccc(Cl)cc1Cl. The lowest BCUT2D eigenvalue weighted by Gasteiger charge is -2.15. The highest BCUT2D eigenvalue weighted by Crippen LogP contribution is 2.25. The Morgan fingerprint density at radius 3 is 2.61 bits per heavy atom. The minimum absolute atomic E-state index is 0.0386. The summed E-state index contributed by atoms with van der Waals surface area (Å²) in [6.07, 6.45) is 0. The second kappa shape index (κ2) is 6.58. The number of imide groups is 1. The highest BCUT2D eigenvalue weighted by molar-refractivity contribution is 6.35. The first kappa shape index (κ1) is 14.8. The molecule has 0 spiro atoms. The zero-order valence-corrected chi connectivity index (χ0v) is 11.2. The van der Waals surface area contributed by atoms with E-state index in [9.17, 15) is 9.59 Å². The number of halogens is 2. The molecule has 1 atom stereocenters. The molecule has 0 bridgehead atoms. The molecular formula is C11H13Cl2N3O2. The zero-order valence-electron chi connectivity index (χ0n) is 9.67. The molecule has 0 aliphatic heterocycles. The van der Waals surface area contributed by atoms with E-state index in [4.69, 9.17) is 28.9 Å². The molecule has 1 rings (SSSR count). The molecule has 5 nitrogen and oxygen atoms in total. The molecule has 0 heterocycles. The molecule has 1 unspecified atom stereocenters. The van der Waals surface area contributed by atoms with Crippen LogP contribution in [0, 0.1) is 0 Å². The number of carbonyl (C=O) groups is 2. The molecule has 0 aliphatic carbocycles. The van der Waals surface area contributed by atoms with Crippen LogP contribution in [0.25, 0.3) is 0 Å². The summed E-state index contributed by atoms with van der Waals surface area (Å²) in [5, 5.41) is 5.93. The van der Waals surface area contributed by atoms with Gasteiger partial charge in [0.25, 0.3) is 0 Å². The van der Waals surface area contributed by atoms with E-state index in [0.717, 1.165) is 5.56 Å². The highest BCUT2D eigenvalue weighted by Gasteiger charge is 2.11. The molecule has 0 aliphatic rings. The number of urea groups is 1. The summed E-state index contributed by atoms with van der Waals surface area (Å²) in [5.74, 6) is -0.501. The lowest BCUT2D eigenvalue weighted by molar-refractivity contribution is -0.119. The van der Waals surface area contributed by atoms with Gasteiger partial charge in [0, 0.05) is 16.1 Å². The van der Waals surface area contributed by atoms with Gasteiger partial charge in [-0.2, -0.15) is 0 Å². The molecule has 98 valence electrons. The van der Waals surface area contributed by atoms with Crippen molar-refractivity contribution >= 4 is 35.1 Å². The second-order valence-electron chi connectivity index (χ2n) is 3.68. The third-order valence-electron chi connectivity index (χ3n) is 2.26. The summed E-state index contributed by atoms with van der Waals surface area (Å²) < 4.78 is 0. The van der Waals surface area contributed by atoms with E-state index in [-0.39, 0.29) is 12.6 Å². The van der Waals surface area contributed by atoms with Gasteiger partial charge in [0.2, 0.25) is 5.91 Å². The van der Waals surface area contributed by atoms with Crippen LogP contribution in [0.1, 0.15) is 18.5 Å². The van der Waals surface area contributed by atoms with Crippen LogP contribution in [0.3, 0.4) is 0 Å². The number of amides is 3. The molecule has 0 radical (unpaired) electrons. The molecule has 0 fully saturated rings. The van der Waals surface area contributed by atoms with E-state index in [1.165, 1.54) is 0 Å². The molecule has 3 amide bonds. The van der Waals surface area contributed by atoms with Gasteiger partial charge in [-0.1, -0.05) is 29.3 Å². The number of nitrogens with one attached hydrogen (secondary N) is 2. The largest absolute Gasteiger partial charge is 0.351 e. The normalized spacial score (nSPS) is 11.9. The maximum Gasteiger partial charge on any atom is 0.318 e. The number of nitrogens with two attached hydrogens (primary N) is 1. The van der Waals surface area contributed by atoms with Gasteiger partial charge in [-0.15, -0.1) is 0 Å². The van der Waals surface area contributed by atoms with Gasteiger partial charge in [-0.05, 0) is 24.6 Å². The average Bonchev–Trinajstić information content (AvgIpc) is 2.25. The number of hydrogen-bond acceptors (Lipinski definition) is 3. The van der Waals surface area contributed by atoms with Gasteiger partial charge < -0.3 is 11.1 Å². The second-order valence-corrected chi connectivity index (χ2v) is 4.52. The predicted octanol–water partition coefficient (Wildman–Crippen LogP) is 1.84. The fourth-order valence-corrected chi connectivity index (χ4v) is 1.96. The summed E-state index contributed by atoms with van der Waals surface area (Å²) in [4.78, 5) is 21.6. The Morgan fingerprint density at radius 2 is 2.06 bits per heavy atom. The first-order valence-electron chi connectivity index (χ1n) is 5.17. The molecule has 0 saturated carbocycles. The van der Waals surface area contributed by atoms with Gasteiger partial charge in [0.05, 0.1) is 6.54 Å². The summed E-state index contributed by atoms with van der Waals surface area (Å²) in [7, 11) is 0. The van der Waals surface area contributed by atoms with E-state index < -0.39 is 11.9 Å². The third-order valence-corrected chi connectivity index (χ3v) is 2.82. The molecule has 4 N–H and O–H groups in total. The molecule has 1 aromatic carbocycles. The van der Waals surface area contributed by atoms with Crippen molar-refractivity contribution in [3.63, 3.8) is 0 Å². The van der Waals surface area contributed by atoms with Crippen LogP contribution < -0.4 is 16.4 Å². The van der Waals surface area contributed by atoms with E-state index in [2.05, 4.69) is 5.32 Å². The minimum atomic E-state index is -0.876.